The first-order valence-corrected chi connectivity index (χ1v) is 11.1. The Bertz CT molecular complexity index is 1030. The van der Waals surface area contributed by atoms with E-state index in [2.05, 4.69) is 6.58 Å². The van der Waals surface area contributed by atoms with Crippen LogP contribution < -0.4 is 9.47 Å². The van der Waals surface area contributed by atoms with E-state index < -0.39 is 0 Å². The van der Waals surface area contributed by atoms with Crippen LogP contribution in [0.25, 0.3) is 6.08 Å². The van der Waals surface area contributed by atoms with Gasteiger partial charge in [0.2, 0.25) is 0 Å². The van der Waals surface area contributed by atoms with Crippen molar-refractivity contribution in [3.63, 3.8) is 0 Å². The highest BCUT2D eigenvalue weighted by molar-refractivity contribution is 8.18. The Morgan fingerprint density at radius 2 is 1.87 bits per heavy atom. The van der Waals surface area contributed by atoms with Gasteiger partial charge in [0.1, 0.15) is 0 Å². The maximum Gasteiger partial charge on any atom is 0.293 e. The number of hydrogen-bond donors (Lipinski definition) is 0. The molecule has 5 nitrogen and oxygen atoms in total. The van der Waals surface area contributed by atoms with E-state index in [0.717, 1.165) is 34.0 Å². The van der Waals surface area contributed by atoms with Gasteiger partial charge >= 0.3 is 0 Å². The van der Waals surface area contributed by atoms with Crippen LogP contribution in [0, 0.1) is 6.92 Å². The van der Waals surface area contributed by atoms with E-state index in [1.807, 2.05) is 57.2 Å². The van der Waals surface area contributed by atoms with Crippen LogP contribution >= 0.6 is 11.8 Å². The number of ether oxygens (including phenoxy) is 2. The number of imide groups is 1. The Balaban J connectivity index is 1.92. The Labute approximate surface area is 187 Å². The summed E-state index contributed by atoms with van der Waals surface area (Å²) < 4.78 is 11.6. The van der Waals surface area contributed by atoms with Gasteiger partial charge in [0, 0.05) is 5.56 Å². The molecule has 1 saturated heterocycles. The maximum absolute atomic E-state index is 12.9. The van der Waals surface area contributed by atoms with Crippen molar-refractivity contribution in [1.82, 2.24) is 4.90 Å². The quantitative estimate of drug-likeness (QED) is 0.369. The predicted molar refractivity (Wildman–Crippen MR) is 125 cm³/mol. The van der Waals surface area contributed by atoms with Gasteiger partial charge in [-0.2, -0.15) is 0 Å². The molecule has 0 atom stereocenters. The van der Waals surface area contributed by atoms with Crippen LogP contribution in [-0.4, -0.2) is 29.3 Å². The molecule has 31 heavy (non-hydrogen) atoms. The van der Waals surface area contributed by atoms with Crippen LogP contribution in [0.5, 0.6) is 11.5 Å². The molecule has 0 spiro atoms. The van der Waals surface area contributed by atoms with Crippen molar-refractivity contribution in [3.8, 4) is 11.5 Å². The minimum Gasteiger partial charge on any atom is -0.490 e. The number of benzene rings is 2. The Hall–Kier alpha value is -2.99. The second kappa shape index (κ2) is 10.4. The Morgan fingerprint density at radius 1 is 1.10 bits per heavy atom. The summed E-state index contributed by atoms with van der Waals surface area (Å²) in [5.41, 5.74) is 3.72. The number of allylic oxidation sites excluding steroid dienone is 1. The van der Waals surface area contributed by atoms with Gasteiger partial charge in [-0.05, 0) is 68.3 Å². The molecule has 0 N–H and O–H groups in total. The summed E-state index contributed by atoms with van der Waals surface area (Å²) in [6.45, 7) is 10.9. The molecule has 1 heterocycles. The third-order valence-electron chi connectivity index (χ3n) is 4.70. The molecule has 0 aromatic heterocycles. The van der Waals surface area contributed by atoms with E-state index in [1.54, 1.807) is 12.2 Å². The zero-order valence-corrected chi connectivity index (χ0v) is 19.0. The number of thioether (sulfide) groups is 1. The fraction of sp³-hybridized carbons (Fsp3) is 0.280. The van der Waals surface area contributed by atoms with E-state index >= 15 is 0 Å². The summed E-state index contributed by atoms with van der Waals surface area (Å²) in [5, 5.41) is -0.264. The lowest BCUT2D eigenvalue weighted by Crippen LogP contribution is -2.27. The third kappa shape index (κ3) is 5.39. The van der Waals surface area contributed by atoms with Gasteiger partial charge in [-0.1, -0.05) is 35.9 Å². The smallest absolute Gasteiger partial charge is 0.293 e. The monoisotopic (exact) mass is 437 g/mol. The summed E-state index contributed by atoms with van der Waals surface area (Å²) in [6, 6.07) is 11.6. The molecule has 0 radical (unpaired) electrons. The van der Waals surface area contributed by atoms with Crippen molar-refractivity contribution in [3.05, 3.63) is 76.2 Å². The standard InChI is InChI=1S/C25H27NO4S/c1-5-9-20-13-19(14-21(29-6-2)23(20)30-7-3)15-22-24(27)26(25(28)31-22)16-18-11-8-10-17(4)12-18/h5,8,10-15H,1,6-7,9,16H2,2-4H3/b22-15+. The summed E-state index contributed by atoms with van der Waals surface area (Å²) >= 11 is 0.959. The van der Waals surface area contributed by atoms with Crippen molar-refractivity contribution in [2.45, 2.75) is 33.7 Å². The van der Waals surface area contributed by atoms with Crippen molar-refractivity contribution >= 4 is 29.0 Å². The van der Waals surface area contributed by atoms with Crippen LogP contribution in [0.1, 0.15) is 36.1 Å². The van der Waals surface area contributed by atoms with Crippen molar-refractivity contribution in [2.24, 2.45) is 0 Å². The lowest BCUT2D eigenvalue weighted by Gasteiger charge is -2.16. The fourth-order valence-corrected chi connectivity index (χ4v) is 4.26. The van der Waals surface area contributed by atoms with E-state index in [1.165, 1.54) is 4.90 Å². The molecule has 0 bridgehead atoms. The van der Waals surface area contributed by atoms with Gasteiger partial charge in [-0.15, -0.1) is 6.58 Å². The van der Waals surface area contributed by atoms with E-state index in [0.29, 0.717) is 36.0 Å². The molecule has 0 aliphatic carbocycles. The summed E-state index contributed by atoms with van der Waals surface area (Å²) in [5.74, 6) is 1.02. The molecule has 2 aromatic carbocycles. The first-order valence-electron chi connectivity index (χ1n) is 10.3. The molecule has 1 fully saturated rings. The van der Waals surface area contributed by atoms with Gasteiger partial charge in [-0.3, -0.25) is 14.5 Å². The molecule has 3 rings (SSSR count). The Morgan fingerprint density at radius 3 is 2.55 bits per heavy atom. The first kappa shape index (κ1) is 22.7. The number of nitrogens with zero attached hydrogens (tertiary/aromatic N) is 1. The summed E-state index contributed by atoms with van der Waals surface area (Å²) in [4.78, 5) is 27.1. The van der Waals surface area contributed by atoms with E-state index in [9.17, 15) is 9.59 Å². The molecular formula is C25H27NO4S. The fourth-order valence-electron chi connectivity index (χ4n) is 3.43. The summed E-state index contributed by atoms with van der Waals surface area (Å²) in [6.07, 6.45) is 4.14. The number of aryl methyl sites for hydroxylation is 1. The number of amides is 2. The maximum atomic E-state index is 12.9. The largest absolute Gasteiger partial charge is 0.490 e. The predicted octanol–water partition coefficient (Wildman–Crippen LogP) is 5.76. The molecule has 162 valence electrons. The van der Waals surface area contributed by atoms with Crippen molar-refractivity contribution < 1.29 is 19.1 Å². The van der Waals surface area contributed by atoms with Gasteiger partial charge in [-0.25, -0.2) is 0 Å². The number of carbonyl (C=O) groups is 2. The Kier molecular flexibility index (Phi) is 7.58. The third-order valence-corrected chi connectivity index (χ3v) is 5.61. The SMILES string of the molecule is C=CCc1cc(/C=C2/SC(=O)N(Cc3cccc(C)c3)C2=O)cc(OCC)c1OCC. The second-order valence-corrected chi connectivity index (χ2v) is 8.12. The average Bonchev–Trinajstić information content (AvgIpc) is 2.98. The van der Waals surface area contributed by atoms with Gasteiger partial charge in [0.25, 0.3) is 11.1 Å². The second-order valence-electron chi connectivity index (χ2n) is 7.12. The van der Waals surface area contributed by atoms with Crippen LogP contribution in [0.4, 0.5) is 4.79 Å². The molecule has 1 aliphatic rings. The molecule has 0 saturated carbocycles. The number of rotatable bonds is 9. The topological polar surface area (TPSA) is 55.8 Å². The average molecular weight is 438 g/mol. The first-order chi connectivity index (χ1) is 15.0. The van der Waals surface area contributed by atoms with Crippen molar-refractivity contribution in [1.29, 1.82) is 0 Å². The van der Waals surface area contributed by atoms with Gasteiger partial charge < -0.3 is 9.47 Å². The highest BCUT2D eigenvalue weighted by Gasteiger charge is 2.35. The number of carbonyl (C=O) groups excluding carboxylic acids is 2. The molecule has 0 unspecified atom stereocenters. The molecular weight excluding hydrogens is 410 g/mol. The minimum absolute atomic E-state index is 0.263. The van der Waals surface area contributed by atoms with Gasteiger partial charge in [0.15, 0.2) is 11.5 Å². The van der Waals surface area contributed by atoms with Crippen LogP contribution in [0.15, 0.2) is 54.0 Å². The van der Waals surface area contributed by atoms with E-state index in [4.69, 9.17) is 9.47 Å². The zero-order chi connectivity index (χ0) is 22.4. The minimum atomic E-state index is -0.284. The number of hydrogen-bond acceptors (Lipinski definition) is 5. The van der Waals surface area contributed by atoms with Crippen LogP contribution in [0.3, 0.4) is 0 Å². The lowest BCUT2D eigenvalue weighted by molar-refractivity contribution is -0.123. The lowest BCUT2D eigenvalue weighted by atomic mass is 10.0. The van der Waals surface area contributed by atoms with Gasteiger partial charge in [0.05, 0.1) is 24.7 Å². The molecule has 2 amide bonds. The normalized spacial score (nSPS) is 14.9. The molecule has 1 aliphatic heterocycles. The molecule has 6 heteroatoms. The summed E-state index contributed by atoms with van der Waals surface area (Å²) in [7, 11) is 0. The van der Waals surface area contributed by atoms with Crippen molar-refractivity contribution in [2.75, 3.05) is 13.2 Å². The van der Waals surface area contributed by atoms with Crippen LogP contribution in [-0.2, 0) is 17.8 Å². The highest BCUT2D eigenvalue weighted by Crippen LogP contribution is 2.37. The molecule has 2 aromatic rings. The highest BCUT2D eigenvalue weighted by atomic mass is 32.2. The zero-order valence-electron chi connectivity index (χ0n) is 18.1. The van der Waals surface area contributed by atoms with E-state index in [-0.39, 0.29) is 17.7 Å². The van der Waals surface area contributed by atoms with Crippen LogP contribution in [0.2, 0.25) is 0 Å².